The fourth-order valence-electron chi connectivity index (χ4n) is 3.02. The van der Waals surface area contributed by atoms with E-state index in [1.54, 1.807) is 12.1 Å². The van der Waals surface area contributed by atoms with Gasteiger partial charge in [-0.1, -0.05) is 6.07 Å². The summed E-state index contributed by atoms with van der Waals surface area (Å²) < 4.78 is 61.0. The Morgan fingerprint density at radius 3 is 2.21 bits per heavy atom. The Hall–Kier alpha value is -4.33. The van der Waals surface area contributed by atoms with Crippen molar-refractivity contribution in [2.75, 3.05) is 0 Å². The maximum atomic E-state index is 13.6. The van der Waals surface area contributed by atoms with Crippen molar-refractivity contribution < 1.29 is 26.7 Å². The minimum absolute atomic E-state index is 0.0664. The molecule has 0 amide bonds. The molecular weight excluding hydrogens is 464 g/mol. The van der Waals surface area contributed by atoms with Crippen LogP contribution >= 0.6 is 0 Å². The maximum absolute atomic E-state index is 13.6. The van der Waals surface area contributed by atoms with E-state index in [-0.39, 0.29) is 16.2 Å². The van der Waals surface area contributed by atoms with E-state index >= 15 is 0 Å². The lowest BCUT2D eigenvalue weighted by molar-refractivity contribution is 0.467. The molecule has 170 valence electrons. The summed E-state index contributed by atoms with van der Waals surface area (Å²) in [5.74, 6) is -0.753. The smallest absolute Gasteiger partial charge is 0.238 e. The summed E-state index contributed by atoms with van der Waals surface area (Å²) in [5, 5.41) is 14.6. The second-order valence-electron chi connectivity index (χ2n) is 7.03. The third kappa shape index (κ3) is 5.17. The molecule has 10 heteroatoms. The van der Waals surface area contributed by atoms with E-state index in [0.29, 0.717) is 28.4 Å². The first-order valence-corrected chi connectivity index (χ1v) is 11.2. The molecule has 0 saturated heterocycles. The number of pyridine rings is 1. The molecule has 0 bridgehead atoms. The Balaban J connectivity index is 1.54. The highest BCUT2D eigenvalue weighted by Crippen LogP contribution is 2.32. The summed E-state index contributed by atoms with van der Waals surface area (Å²) >= 11 is 0. The molecule has 0 aliphatic rings. The van der Waals surface area contributed by atoms with Crippen molar-refractivity contribution in [2.24, 2.45) is 5.14 Å². The normalized spacial score (nSPS) is 11.0. The molecule has 2 N–H and O–H groups in total. The van der Waals surface area contributed by atoms with Gasteiger partial charge in [-0.05, 0) is 60.2 Å². The van der Waals surface area contributed by atoms with Gasteiger partial charge in [0, 0.05) is 17.8 Å². The Bertz CT molecular complexity index is 1520. The summed E-state index contributed by atoms with van der Waals surface area (Å²) in [5.41, 5.74) is 1.10. The highest BCUT2D eigenvalue weighted by atomic mass is 32.2. The molecule has 0 unspecified atom stereocenters. The third-order valence-corrected chi connectivity index (χ3v) is 5.58. The molecule has 0 spiro atoms. The lowest BCUT2D eigenvalue weighted by Crippen LogP contribution is -2.11. The molecule has 0 saturated carbocycles. The van der Waals surface area contributed by atoms with Crippen molar-refractivity contribution in [2.45, 2.75) is 4.90 Å². The molecule has 3 aromatic carbocycles. The van der Waals surface area contributed by atoms with Crippen LogP contribution in [-0.4, -0.2) is 13.4 Å². The molecule has 4 rings (SSSR count). The van der Waals surface area contributed by atoms with E-state index in [9.17, 15) is 22.5 Å². The van der Waals surface area contributed by atoms with Gasteiger partial charge < -0.3 is 9.47 Å². The molecule has 0 aliphatic heterocycles. The maximum Gasteiger partial charge on any atom is 0.238 e. The van der Waals surface area contributed by atoms with Crippen LogP contribution in [0.3, 0.4) is 0 Å². The van der Waals surface area contributed by atoms with Crippen LogP contribution in [0.15, 0.2) is 84.0 Å². The van der Waals surface area contributed by atoms with Crippen molar-refractivity contribution in [3.63, 3.8) is 0 Å². The van der Waals surface area contributed by atoms with E-state index in [1.165, 1.54) is 54.9 Å². The van der Waals surface area contributed by atoms with Gasteiger partial charge in [0.25, 0.3) is 0 Å². The zero-order valence-electron chi connectivity index (χ0n) is 17.3. The predicted molar refractivity (Wildman–Crippen MR) is 119 cm³/mol. The fraction of sp³-hybridized carbons (Fsp3) is 0. The van der Waals surface area contributed by atoms with Crippen LogP contribution in [0.25, 0.3) is 11.1 Å². The molecular formula is C24H15F2N3O4S. The Labute approximate surface area is 193 Å². The van der Waals surface area contributed by atoms with Crippen molar-refractivity contribution in [1.82, 2.24) is 4.98 Å². The zero-order chi connectivity index (χ0) is 24.3. The van der Waals surface area contributed by atoms with E-state index in [1.807, 2.05) is 6.07 Å². The van der Waals surface area contributed by atoms with E-state index in [2.05, 4.69) is 4.98 Å². The van der Waals surface area contributed by atoms with Crippen LogP contribution in [0.5, 0.6) is 23.0 Å². The van der Waals surface area contributed by atoms with Crippen LogP contribution in [-0.2, 0) is 10.0 Å². The number of halogens is 2. The molecule has 4 aromatic rings. The Kier molecular flexibility index (Phi) is 6.23. The predicted octanol–water partition coefficient (Wildman–Crippen LogP) is 5.13. The summed E-state index contributed by atoms with van der Waals surface area (Å²) in [6.07, 6.45) is 2.92. The summed E-state index contributed by atoms with van der Waals surface area (Å²) in [7, 11) is -3.83. The highest BCUT2D eigenvalue weighted by Gasteiger charge is 2.11. The molecule has 0 atom stereocenters. The van der Waals surface area contributed by atoms with Crippen molar-refractivity contribution in [3.05, 3.63) is 96.3 Å². The first-order valence-electron chi connectivity index (χ1n) is 9.66. The molecule has 34 heavy (non-hydrogen) atoms. The number of hydrogen-bond acceptors (Lipinski definition) is 6. The number of rotatable bonds is 6. The lowest BCUT2D eigenvalue weighted by atomic mass is 10.1. The number of hydrogen-bond donors (Lipinski definition) is 1. The van der Waals surface area contributed by atoms with Crippen molar-refractivity contribution in [1.29, 1.82) is 5.26 Å². The van der Waals surface area contributed by atoms with Crippen LogP contribution < -0.4 is 14.6 Å². The van der Waals surface area contributed by atoms with E-state index in [4.69, 9.17) is 14.6 Å². The highest BCUT2D eigenvalue weighted by molar-refractivity contribution is 7.89. The van der Waals surface area contributed by atoms with Gasteiger partial charge in [-0.25, -0.2) is 22.3 Å². The third-order valence-electron chi connectivity index (χ3n) is 4.65. The molecule has 0 aliphatic carbocycles. The molecule has 1 heterocycles. The Morgan fingerprint density at radius 2 is 1.53 bits per heavy atom. The van der Waals surface area contributed by atoms with E-state index in [0.717, 1.165) is 12.1 Å². The minimum atomic E-state index is -3.83. The van der Waals surface area contributed by atoms with Gasteiger partial charge in [0.1, 0.15) is 29.1 Å². The second-order valence-corrected chi connectivity index (χ2v) is 8.59. The quantitative estimate of drug-likeness (QED) is 0.410. The number of benzene rings is 3. The van der Waals surface area contributed by atoms with Crippen molar-refractivity contribution in [3.8, 4) is 40.2 Å². The largest absolute Gasteiger partial charge is 0.456 e. The summed E-state index contributed by atoms with van der Waals surface area (Å²) in [4.78, 5) is 4.00. The molecule has 0 fully saturated rings. The number of sulfonamides is 1. The molecule has 7 nitrogen and oxygen atoms in total. The van der Waals surface area contributed by atoms with Gasteiger partial charge in [0.15, 0.2) is 11.6 Å². The second kappa shape index (κ2) is 9.27. The standard InChI is InChI=1S/C24H15F2N3O4S/c25-22-7-1-15(11-23(22)26)17-10-20(14-29-13-17)32-19-4-8-24(16(9-19)12-27)33-18-2-5-21(6-3-18)34(28,30)31/h1-11,13-14H,(H2,28,30,31). The fourth-order valence-corrected chi connectivity index (χ4v) is 3.53. The van der Waals surface area contributed by atoms with E-state index < -0.39 is 21.7 Å². The number of nitrogens with two attached hydrogens (primary N) is 1. The molecule has 1 aromatic heterocycles. The summed E-state index contributed by atoms with van der Waals surface area (Å²) in [6, 6.07) is 17.1. The van der Waals surface area contributed by atoms with Crippen LogP contribution in [0.2, 0.25) is 0 Å². The number of ether oxygens (including phenoxy) is 2. The topological polar surface area (TPSA) is 115 Å². The summed E-state index contributed by atoms with van der Waals surface area (Å²) in [6.45, 7) is 0. The van der Waals surface area contributed by atoms with Gasteiger partial charge in [-0.3, -0.25) is 4.98 Å². The monoisotopic (exact) mass is 479 g/mol. The van der Waals surface area contributed by atoms with Gasteiger partial charge >= 0.3 is 0 Å². The van der Waals surface area contributed by atoms with Crippen LogP contribution in [0, 0.1) is 23.0 Å². The molecule has 0 radical (unpaired) electrons. The number of nitriles is 1. The lowest BCUT2D eigenvalue weighted by Gasteiger charge is -2.11. The SMILES string of the molecule is N#Cc1cc(Oc2cncc(-c3ccc(F)c(F)c3)c2)ccc1Oc1ccc(S(N)(=O)=O)cc1. The minimum Gasteiger partial charge on any atom is -0.456 e. The van der Waals surface area contributed by atoms with Crippen LogP contribution in [0.4, 0.5) is 8.78 Å². The van der Waals surface area contributed by atoms with Gasteiger partial charge in [-0.2, -0.15) is 5.26 Å². The number of primary sulfonamides is 1. The Morgan fingerprint density at radius 1 is 0.794 bits per heavy atom. The average Bonchev–Trinajstić information content (AvgIpc) is 2.82. The first kappa shape index (κ1) is 22.8. The van der Waals surface area contributed by atoms with Crippen molar-refractivity contribution >= 4 is 10.0 Å². The van der Waals surface area contributed by atoms with Crippen LogP contribution in [0.1, 0.15) is 5.56 Å². The number of aromatic nitrogens is 1. The van der Waals surface area contributed by atoms with Gasteiger partial charge in [0.2, 0.25) is 10.0 Å². The van der Waals surface area contributed by atoms with Gasteiger partial charge in [-0.15, -0.1) is 0 Å². The zero-order valence-corrected chi connectivity index (χ0v) is 18.1. The first-order chi connectivity index (χ1) is 16.2. The number of nitrogens with zero attached hydrogens (tertiary/aromatic N) is 2. The average molecular weight is 479 g/mol. The van der Waals surface area contributed by atoms with Gasteiger partial charge in [0.05, 0.1) is 16.7 Å².